The Morgan fingerprint density at radius 3 is 2.83 bits per heavy atom. The van der Waals surface area contributed by atoms with Gasteiger partial charge < -0.3 is 0 Å². The first-order chi connectivity index (χ1) is 5.74. The zero-order valence-electron chi connectivity index (χ0n) is 6.71. The molecule has 0 amide bonds. The molecular weight excluding hydrogens is 170 g/mol. The first kappa shape index (κ1) is 8.83. The van der Waals surface area contributed by atoms with Crippen LogP contribution in [0.1, 0.15) is 11.1 Å². The lowest BCUT2D eigenvalue weighted by Gasteiger charge is -1.97. The molecule has 1 aromatic carbocycles. The zero-order valence-corrected chi connectivity index (χ0v) is 7.47. The molecular formula is C10H8ClN. The van der Waals surface area contributed by atoms with Gasteiger partial charge in [-0.1, -0.05) is 23.7 Å². The molecule has 0 atom stereocenters. The highest BCUT2D eigenvalue weighted by Crippen LogP contribution is 2.17. The van der Waals surface area contributed by atoms with Crippen LogP contribution in [-0.2, 0) is 0 Å². The van der Waals surface area contributed by atoms with Gasteiger partial charge in [0.15, 0.2) is 0 Å². The molecule has 12 heavy (non-hydrogen) atoms. The van der Waals surface area contributed by atoms with Crippen LogP contribution in [0.2, 0.25) is 5.02 Å². The van der Waals surface area contributed by atoms with E-state index in [0.717, 1.165) is 16.1 Å². The van der Waals surface area contributed by atoms with Crippen molar-refractivity contribution in [2.75, 3.05) is 0 Å². The van der Waals surface area contributed by atoms with Crippen molar-refractivity contribution in [1.29, 1.82) is 5.26 Å². The minimum atomic E-state index is 0.732. The fourth-order valence-corrected chi connectivity index (χ4v) is 1.04. The van der Waals surface area contributed by atoms with Crippen molar-refractivity contribution < 1.29 is 0 Å². The second kappa shape index (κ2) is 3.94. The molecule has 1 aromatic rings. The van der Waals surface area contributed by atoms with Crippen LogP contribution in [0, 0.1) is 18.3 Å². The number of hydrogen-bond acceptors (Lipinski definition) is 1. The average molecular weight is 178 g/mol. The Morgan fingerprint density at radius 1 is 1.50 bits per heavy atom. The van der Waals surface area contributed by atoms with Crippen LogP contribution in [0.4, 0.5) is 0 Å². The SMILES string of the molecule is Cc1ccc(/C=C/C#N)cc1Cl. The fraction of sp³-hybridized carbons (Fsp3) is 0.100. The molecule has 0 saturated heterocycles. The van der Waals surface area contributed by atoms with E-state index in [1.807, 2.05) is 31.2 Å². The number of rotatable bonds is 1. The van der Waals surface area contributed by atoms with Gasteiger partial charge in [-0.3, -0.25) is 0 Å². The van der Waals surface area contributed by atoms with Gasteiger partial charge in [0.25, 0.3) is 0 Å². The quantitative estimate of drug-likeness (QED) is 0.605. The summed E-state index contributed by atoms with van der Waals surface area (Å²) in [7, 11) is 0. The molecule has 0 aliphatic rings. The molecule has 0 bridgehead atoms. The fourth-order valence-electron chi connectivity index (χ4n) is 0.846. The zero-order chi connectivity index (χ0) is 8.97. The van der Waals surface area contributed by atoms with Crippen LogP contribution in [0.25, 0.3) is 6.08 Å². The van der Waals surface area contributed by atoms with E-state index >= 15 is 0 Å². The highest BCUT2D eigenvalue weighted by Gasteiger charge is 1.93. The van der Waals surface area contributed by atoms with E-state index in [2.05, 4.69) is 0 Å². The third-order valence-electron chi connectivity index (χ3n) is 1.55. The molecule has 1 nitrogen and oxygen atoms in total. The van der Waals surface area contributed by atoms with Gasteiger partial charge in [-0.2, -0.15) is 5.26 Å². The normalized spacial score (nSPS) is 10.1. The highest BCUT2D eigenvalue weighted by molar-refractivity contribution is 6.31. The van der Waals surface area contributed by atoms with Gasteiger partial charge in [-0.25, -0.2) is 0 Å². The molecule has 0 N–H and O–H groups in total. The molecule has 60 valence electrons. The standard InChI is InChI=1S/C10H8ClN/c1-8-4-5-9(3-2-6-12)7-10(8)11/h2-5,7H,1H3/b3-2+. The topological polar surface area (TPSA) is 23.8 Å². The summed E-state index contributed by atoms with van der Waals surface area (Å²) in [5.41, 5.74) is 2.00. The van der Waals surface area contributed by atoms with Gasteiger partial charge in [-0.15, -0.1) is 0 Å². The largest absolute Gasteiger partial charge is 0.193 e. The molecule has 0 spiro atoms. The number of allylic oxidation sites excluding steroid dienone is 1. The lowest BCUT2D eigenvalue weighted by atomic mass is 10.1. The van der Waals surface area contributed by atoms with Crippen molar-refractivity contribution >= 4 is 17.7 Å². The molecule has 0 unspecified atom stereocenters. The average Bonchev–Trinajstić information content (AvgIpc) is 2.07. The number of benzene rings is 1. The highest BCUT2D eigenvalue weighted by atomic mass is 35.5. The Kier molecular flexibility index (Phi) is 2.90. The molecule has 0 heterocycles. The maximum Gasteiger partial charge on any atom is 0.0912 e. The van der Waals surface area contributed by atoms with E-state index < -0.39 is 0 Å². The number of hydrogen-bond donors (Lipinski definition) is 0. The first-order valence-corrected chi connectivity index (χ1v) is 3.94. The minimum Gasteiger partial charge on any atom is -0.193 e. The van der Waals surface area contributed by atoms with E-state index in [1.54, 1.807) is 6.08 Å². The predicted octanol–water partition coefficient (Wildman–Crippen LogP) is 3.19. The summed E-state index contributed by atoms with van der Waals surface area (Å²) < 4.78 is 0. The number of aryl methyl sites for hydroxylation is 1. The second-order valence-corrected chi connectivity index (χ2v) is 2.88. The summed E-state index contributed by atoms with van der Waals surface area (Å²) in [5, 5.41) is 9.01. The molecule has 0 aromatic heterocycles. The van der Waals surface area contributed by atoms with Gasteiger partial charge in [0, 0.05) is 11.1 Å². The monoisotopic (exact) mass is 177 g/mol. The van der Waals surface area contributed by atoms with Crippen LogP contribution in [0.5, 0.6) is 0 Å². The van der Waals surface area contributed by atoms with E-state index in [-0.39, 0.29) is 0 Å². The van der Waals surface area contributed by atoms with Crippen molar-refractivity contribution in [2.45, 2.75) is 6.92 Å². The van der Waals surface area contributed by atoms with E-state index in [9.17, 15) is 0 Å². The summed E-state index contributed by atoms with van der Waals surface area (Å²) in [4.78, 5) is 0. The van der Waals surface area contributed by atoms with E-state index in [0.29, 0.717) is 0 Å². The molecule has 0 aliphatic carbocycles. The Morgan fingerprint density at radius 2 is 2.25 bits per heavy atom. The lowest BCUT2D eigenvalue weighted by Crippen LogP contribution is -1.76. The third kappa shape index (κ3) is 2.11. The first-order valence-electron chi connectivity index (χ1n) is 3.56. The predicted molar refractivity (Wildman–Crippen MR) is 50.8 cm³/mol. The molecule has 0 fully saturated rings. The Bertz CT molecular complexity index is 347. The van der Waals surface area contributed by atoms with Gasteiger partial charge >= 0.3 is 0 Å². The van der Waals surface area contributed by atoms with Crippen LogP contribution in [0.3, 0.4) is 0 Å². The summed E-state index contributed by atoms with van der Waals surface area (Å²) in [6, 6.07) is 7.62. The van der Waals surface area contributed by atoms with Gasteiger partial charge in [0.2, 0.25) is 0 Å². The molecule has 0 saturated carbocycles. The lowest BCUT2D eigenvalue weighted by molar-refractivity contribution is 1.46. The van der Waals surface area contributed by atoms with Crippen molar-refractivity contribution in [3.8, 4) is 6.07 Å². The second-order valence-electron chi connectivity index (χ2n) is 2.47. The molecule has 1 rings (SSSR count). The number of halogens is 1. The maximum absolute atomic E-state index is 8.28. The van der Waals surface area contributed by atoms with Gasteiger partial charge in [0.1, 0.15) is 0 Å². The molecule has 0 radical (unpaired) electrons. The summed E-state index contributed by atoms with van der Waals surface area (Å²) >= 11 is 5.88. The van der Waals surface area contributed by atoms with E-state index in [4.69, 9.17) is 16.9 Å². The Balaban J connectivity index is 2.99. The number of nitriles is 1. The summed E-state index contributed by atoms with van der Waals surface area (Å²) in [6.45, 7) is 1.94. The molecule has 0 aliphatic heterocycles. The van der Waals surface area contributed by atoms with Gasteiger partial charge in [0.05, 0.1) is 6.07 Å². The smallest absolute Gasteiger partial charge is 0.0912 e. The van der Waals surface area contributed by atoms with E-state index in [1.165, 1.54) is 6.08 Å². The van der Waals surface area contributed by atoms with Crippen molar-refractivity contribution in [1.82, 2.24) is 0 Å². The molecule has 2 heteroatoms. The van der Waals surface area contributed by atoms with Crippen LogP contribution in [0.15, 0.2) is 24.3 Å². The maximum atomic E-state index is 8.28. The van der Waals surface area contributed by atoms with Crippen molar-refractivity contribution in [3.63, 3.8) is 0 Å². The number of nitrogens with zero attached hydrogens (tertiary/aromatic N) is 1. The third-order valence-corrected chi connectivity index (χ3v) is 1.95. The summed E-state index contributed by atoms with van der Waals surface area (Å²) in [6.07, 6.45) is 3.16. The Hall–Kier alpha value is -1.26. The minimum absolute atomic E-state index is 0.732. The van der Waals surface area contributed by atoms with Crippen molar-refractivity contribution in [3.05, 3.63) is 40.4 Å². The van der Waals surface area contributed by atoms with Crippen LogP contribution >= 0.6 is 11.6 Å². The van der Waals surface area contributed by atoms with Crippen LogP contribution < -0.4 is 0 Å². The summed E-state index contributed by atoms with van der Waals surface area (Å²) in [5.74, 6) is 0. The Labute approximate surface area is 76.9 Å². The van der Waals surface area contributed by atoms with Gasteiger partial charge in [-0.05, 0) is 30.2 Å². The van der Waals surface area contributed by atoms with Crippen LogP contribution in [-0.4, -0.2) is 0 Å². The van der Waals surface area contributed by atoms with Crippen molar-refractivity contribution in [2.24, 2.45) is 0 Å².